The molecule has 2 aliphatic rings. The second kappa shape index (κ2) is 7.46. The standard InChI is InChI=1S/C24H32N2O/c1-7-10-17(5)18(6)25-24-15-16(4)13-19(20(24)8-2)14-22-21(24)11-12-23(27)26(22)9-3/h8,10-13,19H,7,9,14-15H2,1-6H3/b17-10-,20-8+,25-18?. The van der Waals surface area contributed by atoms with Gasteiger partial charge in [0, 0.05) is 41.9 Å². The molecule has 2 atom stereocenters. The Morgan fingerprint density at radius 1 is 1.33 bits per heavy atom. The Morgan fingerprint density at radius 3 is 2.70 bits per heavy atom. The molecule has 0 aromatic carbocycles. The highest BCUT2D eigenvalue weighted by atomic mass is 16.1. The molecule has 0 spiro atoms. The van der Waals surface area contributed by atoms with E-state index in [1.54, 1.807) is 6.07 Å². The zero-order chi connectivity index (χ0) is 19.8. The van der Waals surface area contributed by atoms with Crippen LogP contribution in [0.5, 0.6) is 0 Å². The Balaban J connectivity index is 2.34. The Bertz CT molecular complexity index is 926. The molecule has 1 aromatic rings. The van der Waals surface area contributed by atoms with Crippen molar-refractivity contribution in [2.45, 2.75) is 72.9 Å². The molecule has 0 saturated heterocycles. The van der Waals surface area contributed by atoms with E-state index in [-0.39, 0.29) is 11.1 Å². The van der Waals surface area contributed by atoms with E-state index in [1.807, 2.05) is 10.6 Å². The van der Waals surface area contributed by atoms with Crippen LogP contribution in [0.25, 0.3) is 0 Å². The smallest absolute Gasteiger partial charge is 0.250 e. The molecule has 0 saturated carbocycles. The lowest BCUT2D eigenvalue weighted by molar-refractivity contribution is 0.400. The molecular weight excluding hydrogens is 332 g/mol. The third-order valence-electron chi connectivity index (χ3n) is 6.12. The fourth-order valence-corrected chi connectivity index (χ4v) is 4.94. The lowest BCUT2D eigenvalue weighted by Crippen LogP contribution is -2.43. The van der Waals surface area contributed by atoms with Crippen molar-refractivity contribution >= 4 is 5.71 Å². The number of rotatable bonds is 4. The van der Waals surface area contributed by atoms with E-state index in [0.29, 0.717) is 12.5 Å². The largest absolute Gasteiger partial charge is 0.313 e. The van der Waals surface area contributed by atoms with Gasteiger partial charge in [0.15, 0.2) is 0 Å². The van der Waals surface area contributed by atoms with Crippen molar-refractivity contribution in [3.05, 3.63) is 68.7 Å². The van der Waals surface area contributed by atoms with Crippen LogP contribution in [0.1, 0.15) is 65.6 Å². The summed E-state index contributed by atoms with van der Waals surface area (Å²) in [6.45, 7) is 13.5. The molecule has 1 heterocycles. The number of pyridine rings is 1. The second-order valence-electron chi connectivity index (χ2n) is 7.87. The molecule has 3 rings (SSSR count). The van der Waals surface area contributed by atoms with Gasteiger partial charge in [-0.1, -0.05) is 30.7 Å². The molecular formula is C24H32N2O. The van der Waals surface area contributed by atoms with E-state index < -0.39 is 0 Å². The summed E-state index contributed by atoms with van der Waals surface area (Å²) in [5, 5.41) is 0. The van der Waals surface area contributed by atoms with Crippen molar-refractivity contribution < 1.29 is 0 Å². The maximum atomic E-state index is 12.5. The summed E-state index contributed by atoms with van der Waals surface area (Å²) in [5.74, 6) is 0.322. The van der Waals surface area contributed by atoms with Crippen LogP contribution in [0.3, 0.4) is 0 Å². The molecule has 0 amide bonds. The predicted molar refractivity (Wildman–Crippen MR) is 115 cm³/mol. The summed E-state index contributed by atoms with van der Waals surface area (Å²) in [6, 6.07) is 3.77. The fraction of sp³-hybridized carbons (Fsp3) is 0.500. The summed E-state index contributed by atoms with van der Waals surface area (Å²) in [6.07, 6.45) is 9.66. The number of hydrogen-bond donors (Lipinski definition) is 0. The van der Waals surface area contributed by atoms with Gasteiger partial charge in [-0.2, -0.15) is 0 Å². The van der Waals surface area contributed by atoms with Crippen LogP contribution in [0.15, 0.2) is 56.9 Å². The molecule has 144 valence electrons. The lowest BCUT2D eigenvalue weighted by atomic mass is 9.63. The van der Waals surface area contributed by atoms with E-state index >= 15 is 0 Å². The number of aliphatic imine (C=N–C) groups is 1. The first-order valence-electron chi connectivity index (χ1n) is 10.2. The van der Waals surface area contributed by atoms with Gasteiger partial charge in [0.25, 0.3) is 5.56 Å². The van der Waals surface area contributed by atoms with Gasteiger partial charge in [-0.15, -0.1) is 0 Å². The fourth-order valence-electron chi connectivity index (χ4n) is 4.94. The highest BCUT2D eigenvalue weighted by molar-refractivity contribution is 5.98. The number of fused-ring (bicyclic) bond motifs is 4. The average molecular weight is 365 g/mol. The average Bonchev–Trinajstić information content (AvgIpc) is 2.61. The van der Waals surface area contributed by atoms with E-state index in [0.717, 1.165) is 30.7 Å². The molecule has 1 aromatic heterocycles. The summed E-state index contributed by atoms with van der Waals surface area (Å²) in [7, 11) is 0. The third kappa shape index (κ3) is 3.18. The van der Waals surface area contributed by atoms with Crippen molar-refractivity contribution in [3.8, 4) is 0 Å². The summed E-state index contributed by atoms with van der Waals surface area (Å²) < 4.78 is 1.94. The highest BCUT2D eigenvalue weighted by Gasteiger charge is 2.47. The maximum Gasteiger partial charge on any atom is 0.250 e. The first-order chi connectivity index (χ1) is 12.9. The first kappa shape index (κ1) is 19.6. The van der Waals surface area contributed by atoms with E-state index in [1.165, 1.54) is 22.3 Å². The minimum atomic E-state index is -0.386. The molecule has 3 nitrogen and oxygen atoms in total. The number of nitrogens with zero attached hydrogens (tertiary/aromatic N) is 2. The van der Waals surface area contributed by atoms with Crippen LogP contribution >= 0.6 is 0 Å². The van der Waals surface area contributed by atoms with Gasteiger partial charge in [-0.05, 0) is 64.7 Å². The Morgan fingerprint density at radius 2 is 2.07 bits per heavy atom. The van der Waals surface area contributed by atoms with Crippen molar-refractivity contribution in [1.29, 1.82) is 0 Å². The van der Waals surface area contributed by atoms with Crippen LogP contribution in [-0.4, -0.2) is 10.3 Å². The van der Waals surface area contributed by atoms with E-state index in [9.17, 15) is 4.79 Å². The van der Waals surface area contributed by atoms with Crippen molar-refractivity contribution in [2.24, 2.45) is 10.9 Å². The Hall–Kier alpha value is -2.16. The summed E-state index contributed by atoms with van der Waals surface area (Å²) >= 11 is 0. The molecule has 2 bridgehead atoms. The highest BCUT2D eigenvalue weighted by Crippen LogP contribution is 2.52. The Kier molecular flexibility index (Phi) is 5.41. The van der Waals surface area contributed by atoms with Gasteiger partial charge in [-0.25, -0.2) is 0 Å². The molecule has 27 heavy (non-hydrogen) atoms. The molecule has 0 fully saturated rings. The second-order valence-corrected chi connectivity index (χ2v) is 7.87. The molecule has 0 aliphatic heterocycles. The molecule has 2 aliphatic carbocycles. The van der Waals surface area contributed by atoms with Gasteiger partial charge in [0.2, 0.25) is 0 Å². The first-order valence-corrected chi connectivity index (χ1v) is 10.2. The van der Waals surface area contributed by atoms with Crippen molar-refractivity contribution in [2.75, 3.05) is 0 Å². The van der Waals surface area contributed by atoms with Crippen LogP contribution in [0, 0.1) is 5.92 Å². The molecule has 3 heteroatoms. The van der Waals surface area contributed by atoms with E-state index in [2.05, 4.69) is 59.8 Å². The molecule has 2 unspecified atom stereocenters. The minimum absolute atomic E-state index is 0.0943. The quantitative estimate of drug-likeness (QED) is 0.524. The number of aromatic nitrogens is 1. The number of hydrogen-bond acceptors (Lipinski definition) is 2. The van der Waals surface area contributed by atoms with Crippen LogP contribution in [-0.2, 0) is 18.5 Å². The van der Waals surface area contributed by atoms with Crippen LogP contribution < -0.4 is 5.56 Å². The SMILES string of the molecule is C/C=C1\C2C=C(C)CC1(N=C(C)/C(C)=C\CC)c1ccc(=O)n(CC)c1C2. The zero-order valence-electron chi connectivity index (χ0n) is 17.6. The lowest BCUT2D eigenvalue weighted by Gasteiger charge is -2.46. The van der Waals surface area contributed by atoms with Gasteiger partial charge < -0.3 is 4.57 Å². The summed E-state index contributed by atoms with van der Waals surface area (Å²) in [5.41, 5.74) is 7.18. The predicted octanol–water partition coefficient (Wildman–Crippen LogP) is 5.35. The molecule has 0 radical (unpaired) electrons. The third-order valence-corrected chi connectivity index (χ3v) is 6.12. The van der Waals surface area contributed by atoms with Gasteiger partial charge in [-0.3, -0.25) is 9.79 Å². The van der Waals surface area contributed by atoms with Gasteiger partial charge in [0.1, 0.15) is 5.54 Å². The zero-order valence-corrected chi connectivity index (χ0v) is 17.6. The normalized spacial score (nSPS) is 26.8. The molecule has 0 N–H and O–H groups in total. The maximum absolute atomic E-state index is 12.5. The monoisotopic (exact) mass is 364 g/mol. The summed E-state index contributed by atoms with van der Waals surface area (Å²) in [4.78, 5) is 17.8. The van der Waals surface area contributed by atoms with Crippen molar-refractivity contribution in [3.63, 3.8) is 0 Å². The minimum Gasteiger partial charge on any atom is -0.313 e. The van der Waals surface area contributed by atoms with Gasteiger partial charge >= 0.3 is 0 Å². The van der Waals surface area contributed by atoms with Crippen LogP contribution in [0.4, 0.5) is 0 Å². The topological polar surface area (TPSA) is 34.4 Å². The number of allylic oxidation sites excluding steroid dienone is 4. The van der Waals surface area contributed by atoms with Crippen molar-refractivity contribution in [1.82, 2.24) is 4.57 Å². The van der Waals surface area contributed by atoms with E-state index in [4.69, 9.17) is 4.99 Å². The van der Waals surface area contributed by atoms with Crippen LogP contribution in [0.2, 0.25) is 0 Å². The van der Waals surface area contributed by atoms with Gasteiger partial charge in [0.05, 0.1) is 0 Å². The Labute approximate surface area is 163 Å².